The van der Waals surface area contributed by atoms with E-state index in [2.05, 4.69) is 11.8 Å². The Morgan fingerprint density at radius 2 is 1.84 bits per heavy atom. The van der Waals surface area contributed by atoms with Gasteiger partial charge in [-0.15, -0.1) is 0 Å². The van der Waals surface area contributed by atoms with Crippen molar-refractivity contribution in [1.82, 2.24) is 14.7 Å². The largest absolute Gasteiger partial charge is 0.450 e. The summed E-state index contributed by atoms with van der Waals surface area (Å²) < 4.78 is 5.10. The molecular weight excluding hydrogens is 318 g/mol. The molecule has 6 nitrogen and oxygen atoms in total. The number of piperidine rings is 1. The van der Waals surface area contributed by atoms with E-state index in [0.29, 0.717) is 24.1 Å². The number of rotatable bonds is 4. The summed E-state index contributed by atoms with van der Waals surface area (Å²) in [6.45, 7) is 10.8. The van der Waals surface area contributed by atoms with Crippen LogP contribution in [-0.4, -0.2) is 78.1 Å². The third-order valence-corrected chi connectivity index (χ3v) is 6.46. The molecule has 0 N–H and O–H groups in total. The first-order chi connectivity index (χ1) is 12.0. The zero-order chi connectivity index (χ0) is 18.0. The van der Waals surface area contributed by atoms with Gasteiger partial charge in [-0.1, -0.05) is 0 Å². The van der Waals surface area contributed by atoms with Crippen LogP contribution in [0.15, 0.2) is 0 Å². The van der Waals surface area contributed by atoms with Crippen molar-refractivity contribution in [2.75, 3.05) is 39.3 Å². The van der Waals surface area contributed by atoms with E-state index in [1.54, 1.807) is 6.92 Å². The Balaban J connectivity index is 1.45. The first-order valence-corrected chi connectivity index (χ1v) is 9.91. The van der Waals surface area contributed by atoms with E-state index in [9.17, 15) is 9.59 Å². The molecule has 2 heterocycles. The van der Waals surface area contributed by atoms with Crippen LogP contribution in [0.5, 0.6) is 0 Å². The molecule has 0 radical (unpaired) electrons. The highest BCUT2D eigenvalue weighted by Gasteiger charge is 2.51. The first-order valence-electron chi connectivity index (χ1n) is 9.91. The number of likely N-dealkylation sites (tertiary alicyclic amines) is 2. The number of amides is 2. The Labute approximate surface area is 151 Å². The maximum absolute atomic E-state index is 11.8. The predicted molar refractivity (Wildman–Crippen MR) is 96.3 cm³/mol. The number of hydrogen-bond donors (Lipinski definition) is 0. The lowest BCUT2D eigenvalue weighted by Crippen LogP contribution is -2.58. The zero-order valence-corrected chi connectivity index (χ0v) is 16.0. The summed E-state index contributed by atoms with van der Waals surface area (Å²) >= 11 is 0. The van der Waals surface area contributed by atoms with Gasteiger partial charge in [0.25, 0.3) is 0 Å². The Kier molecular flexibility index (Phi) is 5.56. The maximum Gasteiger partial charge on any atom is 0.409 e. The van der Waals surface area contributed by atoms with Crippen LogP contribution in [0.3, 0.4) is 0 Å². The first kappa shape index (κ1) is 18.5. The Bertz CT molecular complexity index is 496. The molecule has 0 bridgehead atoms. The SMILES string of the molecule is CCOC(=O)N1CC2(CCC(N3CCC(N(CC)C(C)=O)CC3)C2)C1. The second-order valence-corrected chi connectivity index (χ2v) is 8.02. The van der Waals surface area contributed by atoms with Crippen molar-refractivity contribution in [3.8, 4) is 0 Å². The van der Waals surface area contributed by atoms with Gasteiger partial charge in [0.2, 0.25) is 5.91 Å². The molecule has 1 atom stereocenters. The number of nitrogens with zero attached hydrogens (tertiary/aromatic N) is 3. The normalized spacial score (nSPS) is 26.5. The Morgan fingerprint density at radius 3 is 2.40 bits per heavy atom. The van der Waals surface area contributed by atoms with Gasteiger partial charge in [-0.3, -0.25) is 4.79 Å². The highest BCUT2D eigenvalue weighted by atomic mass is 16.6. The number of ether oxygens (including phenoxy) is 1. The molecule has 0 aromatic rings. The smallest absolute Gasteiger partial charge is 0.409 e. The molecule has 3 aliphatic rings. The molecule has 2 amide bonds. The fourth-order valence-corrected chi connectivity index (χ4v) is 5.18. The van der Waals surface area contributed by atoms with Crippen molar-refractivity contribution in [3.63, 3.8) is 0 Å². The minimum Gasteiger partial charge on any atom is -0.450 e. The predicted octanol–water partition coefficient (Wildman–Crippen LogP) is 2.33. The summed E-state index contributed by atoms with van der Waals surface area (Å²) in [5, 5.41) is 0. The van der Waals surface area contributed by atoms with Crippen LogP contribution in [0, 0.1) is 5.41 Å². The van der Waals surface area contributed by atoms with Crippen LogP contribution in [0.25, 0.3) is 0 Å². The van der Waals surface area contributed by atoms with Crippen molar-refractivity contribution in [3.05, 3.63) is 0 Å². The van der Waals surface area contributed by atoms with Crippen molar-refractivity contribution < 1.29 is 14.3 Å². The molecule has 3 fully saturated rings. The van der Waals surface area contributed by atoms with Crippen molar-refractivity contribution in [2.45, 2.75) is 65.0 Å². The van der Waals surface area contributed by atoms with Crippen LogP contribution in [0.2, 0.25) is 0 Å². The van der Waals surface area contributed by atoms with Crippen molar-refractivity contribution >= 4 is 12.0 Å². The molecule has 1 saturated carbocycles. The van der Waals surface area contributed by atoms with E-state index in [0.717, 1.165) is 45.6 Å². The summed E-state index contributed by atoms with van der Waals surface area (Å²) in [5.41, 5.74) is 0.336. The maximum atomic E-state index is 11.8. The Hall–Kier alpha value is -1.30. The topological polar surface area (TPSA) is 53.1 Å². The molecule has 0 aromatic carbocycles. The quantitative estimate of drug-likeness (QED) is 0.780. The van der Waals surface area contributed by atoms with Gasteiger partial charge in [0, 0.05) is 57.1 Å². The number of hydrogen-bond acceptors (Lipinski definition) is 4. The minimum atomic E-state index is -0.152. The highest BCUT2D eigenvalue weighted by Crippen LogP contribution is 2.47. The van der Waals surface area contributed by atoms with Crippen LogP contribution in [0.4, 0.5) is 4.79 Å². The van der Waals surface area contributed by atoms with Gasteiger partial charge in [-0.05, 0) is 46.0 Å². The minimum absolute atomic E-state index is 0.152. The summed E-state index contributed by atoms with van der Waals surface area (Å²) in [7, 11) is 0. The third kappa shape index (κ3) is 3.78. The van der Waals surface area contributed by atoms with E-state index in [1.165, 1.54) is 19.3 Å². The van der Waals surface area contributed by atoms with Crippen LogP contribution >= 0.6 is 0 Å². The summed E-state index contributed by atoms with van der Waals surface area (Å²) in [6.07, 6.45) is 5.70. The van der Waals surface area contributed by atoms with Gasteiger partial charge >= 0.3 is 6.09 Å². The molecule has 142 valence electrons. The van der Waals surface area contributed by atoms with E-state index in [4.69, 9.17) is 4.74 Å². The van der Waals surface area contributed by atoms with E-state index in [-0.39, 0.29) is 12.0 Å². The molecule has 2 aliphatic heterocycles. The lowest BCUT2D eigenvalue weighted by molar-refractivity contribution is -0.132. The standard InChI is InChI=1S/C19H33N3O3/c1-4-22(15(3)23)16-7-10-20(11-8-16)17-6-9-19(12-17)13-21(14-19)18(24)25-5-2/h16-17H,4-14H2,1-3H3. The fourth-order valence-electron chi connectivity index (χ4n) is 5.18. The Morgan fingerprint density at radius 1 is 1.16 bits per heavy atom. The number of carbonyl (C=O) groups excluding carboxylic acids is 2. The average Bonchev–Trinajstić information content (AvgIpc) is 3.00. The van der Waals surface area contributed by atoms with E-state index >= 15 is 0 Å². The molecule has 0 aromatic heterocycles. The van der Waals surface area contributed by atoms with E-state index < -0.39 is 0 Å². The van der Waals surface area contributed by atoms with Crippen LogP contribution < -0.4 is 0 Å². The molecule has 2 saturated heterocycles. The summed E-state index contributed by atoms with van der Waals surface area (Å²) in [5.74, 6) is 0.203. The fraction of sp³-hybridized carbons (Fsp3) is 0.895. The highest BCUT2D eigenvalue weighted by molar-refractivity contribution is 5.73. The van der Waals surface area contributed by atoms with Crippen molar-refractivity contribution in [2.24, 2.45) is 5.41 Å². The monoisotopic (exact) mass is 351 g/mol. The molecule has 25 heavy (non-hydrogen) atoms. The molecule has 1 aliphatic carbocycles. The van der Waals surface area contributed by atoms with Crippen LogP contribution in [-0.2, 0) is 9.53 Å². The molecule has 1 spiro atoms. The van der Waals surface area contributed by atoms with Gasteiger partial charge in [-0.2, -0.15) is 0 Å². The van der Waals surface area contributed by atoms with Gasteiger partial charge < -0.3 is 19.4 Å². The number of carbonyl (C=O) groups is 2. The van der Waals surface area contributed by atoms with Gasteiger partial charge in [0.1, 0.15) is 0 Å². The average molecular weight is 351 g/mol. The van der Waals surface area contributed by atoms with E-state index in [1.807, 2.05) is 16.7 Å². The summed E-state index contributed by atoms with van der Waals surface area (Å²) in [4.78, 5) is 30.0. The molecule has 3 rings (SSSR count). The van der Waals surface area contributed by atoms with Crippen molar-refractivity contribution in [1.29, 1.82) is 0 Å². The van der Waals surface area contributed by atoms with Gasteiger partial charge in [0.05, 0.1) is 6.61 Å². The van der Waals surface area contributed by atoms with Gasteiger partial charge in [-0.25, -0.2) is 4.79 Å². The van der Waals surface area contributed by atoms with Crippen LogP contribution in [0.1, 0.15) is 52.9 Å². The molecular formula is C19H33N3O3. The summed E-state index contributed by atoms with van der Waals surface area (Å²) in [6, 6.07) is 1.06. The molecule has 1 unspecified atom stereocenters. The third-order valence-electron chi connectivity index (χ3n) is 6.46. The van der Waals surface area contributed by atoms with Gasteiger partial charge in [0.15, 0.2) is 0 Å². The molecule has 6 heteroatoms. The second kappa shape index (κ2) is 7.52. The lowest BCUT2D eigenvalue weighted by Gasteiger charge is -2.48. The zero-order valence-electron chi connectivity index (χ0n) is 16.0. The second-order valence-electron chi connectivity index (χ2n) is 8.02. The lowest BCUT2D eigenvalue weighted by atomic mass is 9.78.